The molecule has 0 atom stereocenters. The Bertz CT molecular complexity index is 853. The lowest BCUT2D eigenvalue weighted by molar-refractivity contribution is 0.103. The molecule has 0 aromatic heterocycles. The maximum absolute atomic E-state index is 12.9. The summed E-state index contributed by atoms with van der Waals surface area (Å²) in [5.41, 5.74) is 5.11. The Labute approximate surface area is 134 Å². The molecule has 0 saturated carbocycles. The third-order valence-corrected chi connectivity index (χ3v) is 5.11. The zero-order valence-electron chi connectivity index (χ0n) is 12.0. The van der Waals surface area contributed by atoms with Gasteiger partial charge in [0.05, 0.1) is 0 Å². The minimum atomic E-state index is 0.133. The van der Waals surface area contributed by atoms with Gasteiger partial charge < -0.3 is 0 Å². The Morgan fingerprint density at radius 2 is 1.36 bits per heavy atom. The number of ketones is 1. The summed E-state index contributed by atoms with van der Waals surface area (Å²) >= 11 is 1.74. The van der Waals surface area contributed by atoms with Crippen LogP contribution in [0.25, 0.3) is 11.1 Å². The summed E-state index contributed by atoms with van der Waals surface area (Å²) in [6.07, 6.45) is 0. The molecule has 2 heteroatoms. The molecule has 0 radical (unpaired) electrons. The first-order chi connectivity index (χ1) is 10.8. The number of carbonyl (C=O) groups is 1. The molecule has 0 N–H and O–H groups in total. The second kappa shape index (κ2) is 5.47. The third kappa shape index (κ3) is 2.16. The molecule has 0 unspecified atom stereocenters. The van der Waals surface area contributed by atoms with E-state index in [4.69, 9.17) is 0 Å². The van der Waals surface area contributed by atoms with Gasteiger partial charge in [-0.05, 0) is 28.8 Å². The molecule has 1 heterocycles. The monoisotopic (exact) mass is 302 g/mol. The standard InChI is InChI=1S/C20H14OS/c21-20-16-11-6-10-15(14-7-2-1-3-8-14)18(16)13-22-19-12-5-4-9-17(19)20/h1-12H,13H2. The maximum Gasteiger partial charge on any atom is 0.194 e. The van der Waals surface area contributed by atoms with E-state index in [9.17, 15) is 4.79 Å². The van der Waals surface area contributed by atoms with Crippen LogP contribution in [0.15, 0.2) is 77.7 Å². The molecule has 1 nitrogen and oxygen atoms in total. The maximum atomic E-state index is 12.9. The van der Waals surface area contributed by atoms with Gasteiger partial charge in [0.2, 0.25) is 0 Å². The quantitative estimate of drug-likeness (QED) is 0.615. The van der Waals surface area contributed by atoms with Crippen molar-refractivity contribution in [2.24, 2.45) is 0 Å². The number of carbonyl (C=O) groups excluding carboxylic acids is 1. The fourth-order valence-electron chi connectivity index (χ4n) is 2.92. The van der Waals surface area contributed by atoms with Crippen molar-refractivity contribution in [2.75, 3.05) is 0 Å². The van der Waals surface area contributed by atoms with Gasteiger partial charge in [0.1, 0.15) is 0 Å². The molecule has 0 amide bonds. The van der Waals surface area contributed by atoms with Crippen molar-refractivity contribution in [3.63, 3.8) is 0 Å². The highest BCUT2D eigenvalue weighted by atomic mass is 32.2. The van der Waals surface area contributed by atoms with E-state index in [1.54, 1.807) is 11.8 Å². The molecule has 3 aromatic rings. The van der Waals surface area contributed by atoms with Crippen LogP contribution >= 0.6 is 11.8 Å². The van der Waals surface area contributed by atoms with Crippen molar-refractivity contribution in [2.45, 2.75) is 10.6 Å². The van der Waals surface area contributed by atoms with E-state index < -0.39 is 0 Å². The first-order valence-corrected chi connectivity index (χ1v) is 8.27. The van der Waals surface area contributed by atoms with Gasteiger partial charge in [0.25, 0.3) is 0 Å². The predicted octanol–water partition coefficient (Wildman–Crippen LogP) is 5.19. The third-order valence-electron chi connectivity index (χ3n) is 4.01. The van der Waals surface area contributed by atoms with Crippen LogP contribution in [0.5, 0.6) is 0 Å². The highest BCUT2D eigenvalue weighted by molar-refractivity contribution is 7.98. The van der Waals surface area contributed by atoms with Crippen LogP contribution in [0.1, 0.15) is 21.5 Å². The SMILES string of the molecule is O=C1c2ccccc2SCc2c1cccc2-c1ccccc1. The van der Waals surface area contributed by atoms with E-state index in [0.29, 0.717) is 0 Å². The molecule has 3 aromatic carbocycles. The molecule has 0 aliphatic carbocycles. The molecule has 0 spiro atoms. The van der Waals surface area contributed by atoms with Gasteiger partial charge in [0, 0.05) is 21.8 Å². The highest BCUT2D eigenvalue weighted by Crippen LogP contribution is 2.37. The summed E-state index contributed by atoms with van der Waals surface area (Å²) in [7, 11) is 0. The topological polar surface area (TPSA) is 17.1 Å². The average Bonchev–Trinajstić information content (AvgIpc) is 2.73. The molecule has 1 aliphatic heterocycles. The number of hydrogen-bond acceptors (Lipinski definition) is 2. The number of fused-ring (bicyclic) bond motifs is 2. The molecule has 0 bridgehead atoms. The van der Waals surface area contributed by atoms with Crippen molar-refractivity contribution < 1.29 is 4.79 Å². The van der Waals surface area contributed by atoms with Crippen LogP contribution in [0.4, 0.5) is 0 Å². The summed E-state index contributed by atoms with van der Waals surface area (Å²) in [4.78, 5) is 14.0. The molecule has 0 saturated heterocycles. The fraction of sp³-hybridized carbons (Fsp3) is 0.0500. The van der Waals surface area contributed by atoms with Crippen molar-refractivity contribution >= 4 is 17.5 Å². The van der Waals surface area contributed by atoms with E-state index in [-0.39, 0.29) is 5.78 Å². The second-order valence-corrected chi connectivity index (χ2v) is 6.33. The minimum Gasteiger partial charge on any atom is -0.289 e. The zero-order valence-corrected chi connectivity index (χ0v) is 12.8. The molecular formula is C20H14OS. The Hall–Kier alpha value is -2.32. The number of thioether (sulfide) groups is 1. The van der Waals surface area contributed by atoms with Crippen molar-refractivity contribution in [3.8, 4) is 11.1 Å². The Morgan fingerprint density at radius 3 is 2.23 bits per heavy atom. The summed E-state index contributed by atoms with van der Waals surface area (Å²) in [5, 5.41) is 0. The van der Waals surface area contributed by atoms with Crippen LogP contribution in [0.3, 0.4) is 0 Å². The number of hydrogen-bond donors (Lipinski definition) is 0. The van der Waals surface area contributed by atoms with Crippen molar-refractivity contribution in [1.82, 2.24) is 0 Å². The van der Waals surface area contributed by atoms with E-state index >= 15 is 0 Å². The first kappa shape index (κ1) is 13.4. The summed E-state index contributed by atoms with van der Waals surface area (Å²) in [6.45, 7) is 0. The molecule has 4 rings (SSSR count). The van der Waals surface area contributed by atoms with Gasteiger partial charge in [-0.3, -0.25) is 4.79 Å². The van der Waals surface area contributed by atoms with Gasteiger partial charge in [-0.15, -0.1) is 11.8 Å². The lowest BCUT2D eigenvalue weighted by Crippen LogP contribution is -2.04. The van der Waals surface area contributed by atoms with Crippen LogP contribution in [-0.2, 0) is 5.75 Å². The fourth-order valence-corrected chi connectivity index (χ4v) is 4.02. The number of rotatable bonds is 1. The molecule has 1 aliphatic rings. The lowest BCUT2D eigenvalue weighted by Gasteiger charge is -2.11. The van der Waals surface area contributed by atoms with Gasteiger partial charge in [-0.25, -0.2) is 0 Å². The van der Waals surface area contributed by atoms with Gasteiger partial charge in [0.15, 0.2) is 5.78 Å². The van der Waals surface area contributed by atoms with E-state index in [2.05, 4.69) is 18.2 Å². The Kier molecular flexibility index (Phi) is 3.32. The average molecular weight is 302 g/mol. The van der Waals surface area contributed by atoms with E-state index in [1.807, 2.05) is 54.6 Å². The van der Waals surface area contributed by atoms with Crippen molar-refractivity contribution in [3.05, 3.63) is 89.5 Å². The first-order valence-electron chi connectivity index (χ1n) is 7.28. The van der Waals surface area contributed by atoms with Crippen molar-refractivity contribution in [1.29, 1.82) is 0 Å². The molecule has 22 heavy (non-hydrogen) atoms. The number of benzene rings is 3. The summed E-state index contributed by atoms with van der Waals surface area (Å²) in [6, 6.07) is 24.2. The zero-order chi connectivity index (χ0) is 14.9. The highest BCUT2D eigenvalue weighted by Gasteiger charge is 2.23. The van der Waals surface area contributed by atoms with Crippen LogP contribution in [0.2, 0.25) is 0 Å². The smallest absolute Gasteiger partial charge is 0.194 e. The normalized spacial score (nSPS) is 13.2. The Balaban J connectivity index is 1.92. The van der Waals surface area contributed by atoms with E-state index in [0.717, 1.165) is 32.9 Å². The van der Waals surface area contributed by atoms with Gasteiger partial charge in [-0.1, -0.05) is 60.7 Å². The van der Waals surface area contributed by atoms with Gasteiger partial charge >= 0.3 is 0 Å². The minimum absolute atomic E-state index is 0.133. The van der Waals surface area contributed by atoms with Crippen LogP contribution in [-0.4, -0.2) is 5.78 Å². The lowest BCUT2D eigenvalue weighted by atomic mass is 9.92. The second-order valence-electron chi connectivity index (χ2n) is 5.31. The predicted molar refractivity (Wildman–Crippen MR) is 91.3 cm³/mol. The Morgan fingerprint density at radius 1 is 0.682 bits per heavy atom. The molecule has 106 valence electrons. The van der Waals surface area contributed by atoms with Crippen LogP contribution in [0, 0.1) is 0 Å². The molecular weight excluding hydrogens is 288 g/mol. The molecule has 0 fully saturated rings. The van der Waals surface area contributed by atoms with Crippen LogP contribution < -0.4 is 0 Å². The summed E-state index contributed by atoms with van der Waals surface area (Å²) in [5.74, 6) is 0.955. The van der Waals surface area contributed by atoms with E-state index in [1.165, 1.54) is 5.56 Å². The largest absolute Gasteiger partial charge is 0.289 e. The summed E-state index contributed by atoms with van der Waals surface area (Å²) < 4.78 is 0. The van der Waals surface area contributed by atoms with Gasteiger partial charge in [-0.2, -0.15) is 0 Å².